The van der Waals surface area contributed by atoms with E-state index in [1.54, 1.807) is 20.8 Å². The lowest BCUT2D eigenvalue weighted by Gasteiger charge is -2.14. The van der Waals surface area contributed by atoms with E-state index in [0.29, 0.717) is 17.0 Å². The second kappa shape index (κ2) is 11.7. The van der Waals surface area contributed by atoms with Crippen LogP contribution >= 0.6 is 0 Å². The van der Waals surface area contributed by atoms with Crippen LogP contribution in [0.5, 0.6) is 17.2 Å². The third-order valence-corrected chi connectivity index (χ3v) is 4.88. The lowest BCUT2D eigenvalue weighted by atomic mass is 10.1. The number of hydrogen-bond acceptors (Lipinski definition) is 9. The highest BCUT2D eigenvalue weighted by atomic mass is 16.5. The predicted octanol–water partition coefficient (Wildman–Crippen LogP) is 1.99. The van der Waals surface area contributed by atoms with E-state index < -0.39 is 36.8 Å². The van der Waals surface area contributed by atoms with Gasteiger partial charge in [-0.15, -0.1) is 0 Å². The molecular weight excluding hydrogens is 448 g/mol. The minimum absolute atomic E-state index is 0.148. The number of methoxy groups -OCH3 is 3. The molecule has 0 aliphatic carbocycles. The third kappa shape index (κ3) is 5.85. The number of esters is 2. The minimum atomic E-state index is -0.819. The lowest BCUT2D eigenvalue weighted by Crippen LogP contribution is -2.31. The number of rotatable bonds is 11. The predicted molar refractivity (Wildman–Crippen MR) is 120 cm³/mol. The van der Waals surface area contributed by atoms with Crippen molar-refractivity contribution in [2.45, 2.75) is 20.8 Å². The highest BCUT2D eigenvalue weighted by Gasteiger charge is 2.24. The molecule has 0 unspecified atom stereocenters. The van der Waals surface area contributed by atoms with Gasteiger partial charge in [-0.2, -0.15) is 0 Å². The second-order valence-electron chi connectivity index (χ2n) is 7.03. The van der Waals surface area contributed by atoms with Gasteiger partial charge >= 0.3 is 11.9 Å². The fraction of sp³-hybridized carbons (Fsp3) is 0.391. The SMILES string of the molecule is CCOC(=O)c1c(C)[nH]c(C(=O)COC(=O)CNC(=O)c2cc(OC)c(OC)c(OC)c2)c1C. The molecule has 2 N–H and O–H groups in total. The van der Waals surface area contributed by atoms with Crippen molar-refractivity contribution < 1.29 is 42.9 Å². The van der Waals surface area contributed by atoms with Crippen LogP contribution in [0.25, 0.3) is 0 Å². The molecule has 0 saturated heterocycles. The molecule has 0 fully saturated rings. The molecule has 0 spiro atoms. The van der Waals surface area contributed by atoms with Crippen LogP contribution in [0, 0.1) is 13.8 Å². The summed E-state index contributed by atoms with van der Waals surface area (Å²) in [5, 5.41) is 2.41. The first-order valence-corrected chi connectivity index (χ1v) is 10.3. The monoisotopic (exact) mass is 476 g/mol. The summed E-state index contributed by atoms with van der Waals surface area (Å²) in [5.41, 5.74) is 1.47. The summed E-state index contributed by atoms with van der Waals surface area (Å²) < 4.78 is 25.6. The topological polar surface area (TPSA) is 142 Å². The van der Waals surface area contributed by atoms with Crippen molar-refractivity contribution >= 4 is 23.6 Å². The van der Waals surface area contributed by atoms with E-state index in [2.05, 4.69) is 10.3 Å². The van der Waals surface area contributed by atoms with Gasteiger partial charge in [0.05, 0.1) is 39.2 Å². The van der Waals surface area contributed by atoms with Crippen molar-refractivity contribution in [3.63, 3.8) is 0 Å². The summed E-state index contributed by atoms with van der Waals surface area (Å²) in [6, 6.07) is 2.87. The van der Waals surface area contributed by atoms with Crippen LogP contribution in [0.4, 0.5) is 0 Å². The van der Waals surface area contributed by atoms with E-state index in [1.807, 2.05) is 0 Å². The molecule has 2 rings (SSSR count). The van der Waals surface area contributed by atoms with Crippen LogP contribution in [0.15, 0.2) is 12.1 Å². The van der Waals surface area contributed by atoms with Gasteiger partial charge in [-0.05, 0) is 38.5 Å². The molecule has 0 saturated carbocycles. The van der Waals surface area contributed by atoms with Crippen molar-refractivity contribution in [2.24, 2.45) is 0 Å². The van der Waals surface area contributed by atoms with Gasteiger partial charge in [0.1, 0.15) is 6.54 Å². The largest absolute Gasteiger partial charge is 0.493 e. The molecule has 1 aromatic heterocycles. The molecule has 2 aromatic rings. The van der Waals surface area contributed by atoms with Gasteiger partial charge in [0, 0.05) is 11.3 Å². The van der Waals surface area contributed by atoms with Crippen LogP contribution < -0.4 is 19.5 Å². The zero-order valence-corrected chi connectivity index (χ0v) is 20.0. The number of benzene rings is 1. The van der Waals surface area contributed by atoms with Crippen molar-refractivity contribution in [1.82, 2.24) is 10.3 Å². The Morgan fingerprint density at radius 1 is 0.941 bits per heavy atom. The summed E-state index contributed by atoms with van der Waals surface area (Å²) in [5.74, 6) is -1.60. The number of Topliss-reactive ketones (excluding diaryl/α,β-unsaturated/α-hetero) is 1. The average molecular weight is 476 g/mol. The molecule has 1 amide bonds. The Morgan fingerprint density at radius 2 is 1.56 bits per heavy atom. The van der Waals surface area contributed by atoms with E-state index in [1.165, 1.54) is 33.5 Å². The van der Waals surface area contributed by atoms with Crippen molar-refractivity contribution in [3.8, 4) is 17.2 Å². The molecule has 184 valence electrons. The summed E-state index contributed by atoms with van der Waals surface area (Å²) in [7, 11) is 4.26. The fourth-order valence-corrected chi connectivity index (χ4v) is 3.27. The van der Waals surface area contributed by atoms with Gasteiger partial charge in [-0.1, -0.05) is 0 Å². The smallest absolute Gasteiger partial charge is 0.340 e. The second-order valence-corrected chi connectivity index (χ2v) is 7.03. The Hall–Kier alpha value is -4.02. The fourth-order valence-electron chi connectivity index (χ4n) is 3.27. The number of ether oxygens (including phenoxy) is 5. The van der Waals surface area contributed by atoms with Crippen molar-refractivity contribution in [3.05, 3.63) is 40.2 Å². The van der Waals surface area contributed by atoms with E-state index in [0.717, 1.165) is 0 Å². The maximum atomic E-state index is 12.5. The van der Waals surface area contributed by atoms with E-state index in [4.69, 9.17) is 23.7 Å². The Morgan fingerprint density at radius 3 is 2.09 bits per heavy atom. The Kier molecular flexibility index (Phi) is 9.05. The number of H-pyrrole nitrogens is 1. The number of aromatic nitrogens is 1. The number of aryl methyl sites for hydroxylation is 1. The molecule has 11 nitrogen and oxygen atoms in total. The van der Waals surface area contributed by atoms with Crippen LogP contribution in [0.2, 0.25) is 0 Å². The Bertz CT molecular complexity index is 1060. The van der Waals surface area contributed by atoms with Gasteiger partial charge in [0.25, 0.3) is 5.91 Å². The summed E-state index contributed by atoms with van der Waals surface area (Å²) in [6.45, 7) is 4.08. The van der Waals surface area contributed by atoms with E-state index in [9.17, 15) is 19.2 Å². The van der Waals surface area contributed by atoms with E-state index >= 15 is 0 Å². The zero-order chi connectivity index (χ0) is 25.4. The first-order chi connectivity index (χ1) is 16.2. The Balaban J connectivity index is 1.98. The van der Waals surface area contributed by atoms with Gasteiger partial charge in [-0.3, -0.25) is 14.4 Å². The average Bonchev–Trinajstić information content (AvgIpc) is 3.13. The molecular formula is C23H28N2O9. The molecule has 34 heavy (non-hydrogen) atoms. The standard InChI is InChI=1S/C23H28N2O9/c1-7-33-23(29)19-12(2)20(25-13(19)3)15(26)11-34-18(27)10-24-22(28)14-8-16(30-4)21(32-6)17(9-14)31-5/h8-9,25H,7,10-11H2,1-6H3,(H,24,28). The van der Waals surface area contributed by atoms with Crippen LogP contribution in [0.3, 0.4) is 0 Å². The van der Waals surface area contributed by atoms with E-state index in [-0.39, 0.29) is 34.9 Å². The molecule has 0 bridgehead atoms. The Labute approximate surface area is 196 Å². The van der Waals surface area contributed by atoms with Crippen molar-refractivity contribution in [1.29, 1.82) is 0 Å². The molecule has 1 aromatic carbocycles. The third-order valence-electron chi connectivity index (χ3n) is 4.88. The molecule has 1 heterocycles. The molecule has 0 radical (unpaired) electrons. The highest BCUT2D eigenvalue weighted by Crippen LogP contribution is 2.38. The zero-order valence-electron chi connectivity index (χ0n) is 20.0. The number of hydrogen-bond donors (Lipinski definition) is 2. The minimum Gasteiger partial charge on any atom is -0.493 e. The molecule has 11 heteroatoms. The maximum Gasteiger partial charge on any atom is 0.340 e. The molecule has 0 atom stereocenters. The van der Waals surface area contributed by atoms with Gasteiger partial charge in [0.15, 0.2) is 18.1 Å². The van der Waals surface area contributed by atoms with Crippen molar-refractivity contribution in [2.75, 3.05) is 41.1 Å². The van der Waals surface area contributed by atoms with Gasteiger partial charge in [-0.25, -0.2) is 4.79 Å². The van der Waals surface area contributed by atoms with Gasteiger partial charge < -0.3 is 34.0 Å². The number of aromatic amines is 1. The quantitative estimate of drug-likeness (QED) is 0.368. The molecule has 0 aliphatic heterocycles. The molecule has 0 aliphatic rings. The number of ketones is 1. The number of carbonyl (C=O) groups excluding carboxylic acids is 4. The summed E-state index contributed by atoms with van der Waals surface area (Å²) in [6.07, 6.45) is 0. The number of amides is 1. The normalized spacial score (nSPS) is 10.3. The van der Waals surface area contributed by atoms with Crippen LogP contribution in [-0.4, -0.2) is 69.7 Å². The first-order valence-electron chi connectivity index (χ1n) is 10.3. The summed E-state index contributed by atoms with van der Waals surface area (Å²) in [4.78, 5) is 51.9. The van der Waals surface area contributed by atoms with Gasteiger partial charge in [0.2, 0.25) is 11.5 Å². The van der Waals surface area contributed by atoms with Crippen LogP contribution in [-0.2, 0) is 14.3 Å². The first kappa shape index (κ1) is 26.2. The maximum absolute atomic E-state index is 12.5. The number of carbonyl (C=O) groups is 4. The highest BCUT2D eigenvalue weighted by molar-refractivity contribution is 6.02. The lowest BCUT2D eigenvalue weighted by molar-refractivity contribution is -0.141. The van der Waals surface area contributed by atoms with Crippen LogP contribution in [0.1, 0.15) is 49.4 Å². The number of nitrogens with one attached hydrogen (secondary N) is 2. The summed E-state index contributed by atoms with van der Waals surface area (Å²) >= 11 is 0.